The molecule has 2 aliphatic rings. The molecular formula is C31H29FN2O6. The molecule has 0 aliphatic carbocycles. The summed E-state index contributed by atoms with van der Waals surface area (Å²) in [7, 11) is 0. The van der Waals surface area contributed by atoms with Crippen LogP contribution in [0.2, 0.25) is 0 Å². The van der Waals surface area contributed by atoms with Crippen LogP contribution in [0.4, 0.5) is 4.39 Å². The molecule has 9 heteroatoms. The van der Waals surface area contributed by atoms with Crippen molar-refractivity contribution in [2.75, 3.05) is 19.7 Å². The smallest absolute Gasteiger partial charge is 0.290 e. The van der Waals surface area contributed by atoms with Crippen LogP contribution in [-0.4, -0.2) is 42.5 Å². The van der Waals surface area contributed by atoms with Gasteiger partial charge in [0, 0.05) is 19.7 Å². The highest BCUT2D eigenvalue weighted by Crippen LogP contribution is 2.38. The average Bonchev–Trinajstić information content (AvgIpc) is 3.78. The summed E-state index contributed by atoms with van der Waals surface area (Å²) in [6.07, 6.45) is 4.12. The van der Waals surface area contributed by atoms with Gasteiger partial charge in [-0.1, -0.05) is 18.2 Å². The number of fused-ring (bicyclic) bond motifs is 1. The van der Waals surface area contributed by atoms with Crippen LogP contribution in [0.15, 0.2) is 81.8 Å². The molecule has 8 nitrogen and oxygen atoms in total. The Kier molecular flexibility index (Phi) is 7.37. The minimum absolute atomic E-state index is 0.0507. The Hall–Kier alpha value is -4.37. The zero-order valence-electron chi connectivity index (χ0n) is 21.8. The van der Waals surface area contributed by atoms with Gasteiger partial charge in [-0.15, -0.1) is 0 Å². The van der Waals surface area contributed by atoms with Crippen LogP contribution >= 0.6 is 0 Å². The lowest BCUT2D eigenvalue weighted by Crippen LogP contribution is -2.40. The van der Waals surface area contributed by atoms with Gasteiger partial charge in [0.15, 0.2) is 11.5 Å². The van der Waals surface area contributed by atoms with Gasteiger partial charge in [0.2, 0.25) is 0 Å². The van der Waals surface area contributed by atoms with Crippen molar-refractivity contribution in [3.63, 3.8) is 0 Å². The maximum Gasteiger partial charge on any atom is 0.290 e. The third-order valence-corrected chi connectivity index (χ3v) is 7.31. The first-order valence-electron chi connectivity index (χ1n) is 13.4. The molecule has 0 bridgehead atoms. The lowest BCUT2D eigenvalue weighted by Gasteiger charge is -2.37. The molecule has 6 rings (SSSR count). The Morgan fingerprint density at radius 1 is 1.05 bits per heavy atom. The summed E-state index contributed by atoms with van der Waals surface area (Å²) in [5, 5.41) is 2.85. The van der Waals surface area contributed by atoms with Crippen molar-refractivity contribution < 1.29 is 32.3 Å². The van der Waals surface area contributed by atoms with E-state index in [1.807, 2.05) is 18.2 Å². The number of benzene rings is 2. The molecule has 2 unspecified atom stereocenters. The van der Waals surface area contributed by atoms with Crippen molar-refractivity contribution in [1.82, 2.24) is 10.2 Å². The molecule has 0 radical (unpaired) electrons. The molecule has 1 N–H and O–H groups in total. The van der Waals surface area contributed by atoms with E-state index in [2.05, 4.69) is 5.32 Å². The standard InChI is InChI=1S/C31H29FN2O6/c32-22-8-5-21(6-9-22)29-26-17-23(10-7-20(26)13-14-34(29)31(36)28-4-2-16-38-28)39-19-25-11-12-27(40-25)30(35)33-18-24-3-1-15-37-24/h2,4-12,16-17,24,29H,1,3,13-15,18-19H2,(H,33,35). The second-order valence-corrected chi connectivity index (χ2v) is 9.94. The predicted octanol–water partition coefficient (Wildman–Crippen LogP) is 5.29. The molecule has 4 aromatic rings. The molecule has 206 valence electrons. The van der Waals surface area contributed by atoms with Gasteiger partial charge < -0.3 is 28.5 Å². The van der Waals surface area contributed by atoms with Crippen molar-refractivity contribution in [2.45, 2.75) is 38.0 Å². The van der Waals surface area contributed by atoms with E-state index in [0.29, 0.717) is 31.0 Å². The molecule has 2 amide bonds. The van der Waals surface area contributed by atoms with E-state index in [1.54, 1.807) is 41.3 Å². The molecular weight excluding hydrogens is 515 g/mol. The normalized spacial score (nSPS) is 18.4. The maximum atomic E-state index is 13.8. The summed E-state index contributed by atoms with van der Waals surface area (Å²) in [6.45, 7) is 1.79. The molecule has 0 spiro atoms. The number of furan rings is 2. The van der Waals surface area contributed by atoms with Gasteiger partial charge >= 0.3 is 0 Å². The van der Waals surface area contributed by atoms with Crippen molar-refractivity contribution >= 4 is 11.8 Å². The van der Waals surface area contributed by atoms with E-state index in [1.165, 1.54) is 18.4 Å². The minimum atomic E-state index is -0.451. The van der Waals surface area contributed by atoms with Gasteiger partial charge in [-0.25, -0.2) is 4.39 Å². The number of hydrogen-bond acceptors (Lipinski definition) is 6. The molecule has 2 aliphatic heterocycles. The van der Waals surface area contributed by atoms with Crippen molar-refractivity contribution in [3.8, 4) is 5.75 Å². The zero-order valence-corrected chi connectivity index (χ0v) is 21.8. The Morgan fingerprint density at radius 2 is 1.93 bits per heavy atom. The summed E-state index contributed by atoms with van der Waals surface area (Å²) in [5.41, 5.74) is 2.75. The first kappa shape index (κ1) is 25.9. The molecule has 1 fully saturated rings. The van der Waals surface area contributed by atoms with E-state index in [-0.39, 0.29) is 41.9 Å². The maximum absolute atomic E-state index is 13.8. The van der Waals surface area contributed by atoms with Gasteiger partial charge in [0.1, 0.15) is 23.9 Å². The molecule has 40 heavy (non-hydrogen) atoms. The molecule has 0 saturated carbocycles. The monoisotopic (exact) mass is 544 g/mol. The van der Waals surface area contributed by atoms with Crippen molar-refractivity contribution in [1.29, 1.82) is 0 Å². The van der Waals surface area contributed by atoms with Gasteiger partial charge in [0.05, 0.1) is 18.4 Å². The molecule has 2 aromatic carbocycles. The van der Waals surface area contributed by atoms with Crippen LogP contribution in [0, 0.1) is 5.82 Å². The highest BCUT2D eigenvalue weighted by Gasteiger charge is 2.34. The fourth-order valence-electron chi connectivity index (χ4n) is 5.28. The van der Waals surface area contributed by atoms with Crippen molar-refractivity contribution in [3.05, 3.63) is 113 Å². The fraction of sp³-hybridized carbons (Fsp3) is 0.290. The fourth-order valence-corrected chi connectivity index (χ4v) is 5.28. The molecule has 2 aromatic heterocycles. The highest BCUT2D eigenvalue weighted by atomic mass is 19.1. The van der Waals surface area contributed by atoms with Gasteiger partial charge in [-0.05, 0) is 84.5 Å². The van der Waals surface area contributed by atoms with Gasteiger partial charge in [-0.3, -0.25) is 9.59 Å². The topological polar surface area (TPSA) is 94.2 Å². The summed E-state index contributed by atoms with van der Waals surface area (Å²) >= 11 is 0. The van der Waals surface area contributed by atoms with Crippen molar-refractivity contribution in [2.24, 2.45) is 0 Å². The number of nitrogens with zero attached hydrogens (tertiary/aromatic N) is 1. The number of nitrogens with one attached hydrogen (secondary N) is 1. The van der Waals surface area contributed by atoms with E-state index < -0.39 is 6.04 Å². The summed E-state index contributed by atoms with van der Waals surface area (Å²) < 4.78 is 36.4. The number of rotatable bonds is 8. The van der Waals surface area contributed by atoms with Crippen LogP contribution in [0.1, 0.15) is 62.4 Å². The second-order valence-electron chi connectivity index (χ2n) is 9.94. The largest absolute Gasteiger partial charge is 0.486 e. The lowest BCUT2D eigenvalue weighted by atomic mass is 9.87. The van der Waals surface area contributed by atoms with Gasteiger partial charge in [-0.2, -0.15) is 0 Å². The third-order valence-electron chi connectivity index (χ3n) is 7.31. The highest BCUT2D eigenvalue weighted by molar-refractivity contribution is 5.92. The van der Waals surface area contributed by atoms with Crippen LogP contribution in [0.25, 0.3) is 0 Å². The van der Waals surface area contributed by atoms with Crippen LogP contribution in [-0.2, 0) is 17.8 Å². The molecule has 2 atom stereocenters. The Bertz CT molecular complexity index is 1470. The van der Waals surface area contributed by atoms with E-state index >= 15 is 0 Å². The van der Waals surface area contributed by atoms with E-state index in [0.717, 1.165) is 36.1 Å². The van der Waals surface area contributed by atoms with Crippen LogP contribution in [0.3, 0.4) is 0 Å². The third kappa shape index (κ3) is 5.51. The number of halogens is 1. The number of hydrogen-bond donors (Lipinski definition) is 1. The minimum Gasteiger partial charge on any atom is -0.486 e. The first-order chi connectivity index (χ1) is 19.5. The predicted molar refractivity (Wildman–Crippen MR) is 142 cm³/mol. The first-order valence-corrected chi connectivity index (χ1v) is 13.4. The Labute approximate surface area is 230 Å². The average molecular weight is 545 g/mol. The lowest BCUT2D eigenvalue weighted by molar-refractivity contribution is 0.0661. The van der Waals surface area contributed by atoms with E-state index in [4.69, 9.17) is 18.3 Å². The quantitative estimate of drug-likeness (QED) is 0.324. The number of amides is 2. The summed E-state index contributed by atoms with van der Waals surface area (Å²) in [6, 6.07) is 18.1. The zero-order chi connectivity index (χ0) is 27.5. The Balaban J connectivity index is 1.19. The number of ether oxygens (including phenoxy) is 2. The van der Waals surface area contributed by atoms with Crippen LogP contribution < -0.4 is 10.1 Å². The summed E-state index contributed by atoms with van der Waals surface area (Å²) in [5.74, 6) is 0.667. The number of carbonyl (C=O) groups excluding carboxylic acids is 2. The van der Waals surface area contributed by atoms with Crippen LogP contribution in [0.5, 0.6) is 5.75 Å². The van der Waals surface area contributed by atoms with Gasteiger partial charge in [0.25, 0.3) is 11.8 Å². The molecule has 4 heterocycles. The van der Waals surface area contributed by atoms with E-state index in [9.17, 15) is 14.0 Å². The number of carbonyl (C=O) groups is 2. The second kappa shape index (κ2) is 11.4. The summed E-state index contributed by atoms with van der Waals surface area (Å²) in [4.78, 5) is 27.6. The Morgan fingerprint density at radius 3 is 2.70 bits per heavy atom. The molecule has 1 saturated heterocycles. The SMILES string of the molecule is O=C(NCC1CCCO1)c1ccc(COc2ccc3c(c2)C(c2ccc(F)cc2)N(C(=O)c2ccco2)CC3)o1.